The number of amides is 3. The van der Waals surface area contributed by atoms with E-state index in [1.807, 2.05) is 115 Å². The predicted octanol–water partition coefficient (Wildman–Crippen LogP) is 20.5. The number of alkyl halides is 9. The van der Waals surface area contributed by atoms with Gasteiger partial charge in [-0.2, -0.15) is 0 Å². The summed E-state index contributed by atoms with van der Waals surface area (Å²) in [7, 11) is 0. The van der Waals surface area contributed by atoms with Crippen molar-refractivity contribution in [1.29, 1.82) is 0 Å². The van der Waals surface area contributed by atoms with Crippen LogP contribution in [0, 0.1) is 23.4 Å². The van der Waals surface area contributed by atoms with Gasteiger partial charge in [0.25, 0.3) is 29.1 Å². The van der Waals surface area contributed by atoms with Crippen LogP contribution in [0.2, 0.25) is 0 Å². The maximum absolute atomic E-state index is 13.6. The summed E-state index contributed by atoms with van der Waals surface area (Å²) in [5.74, 6) is -0.889. The molecule has 0 aromatic heterocycles. The van der Waals surface area contributed by atoms with Crippen LogP contribution in [0.25, 0.3) is 0 Å². The molecule has 4 aliphatic rings. The third-order valence-corrected chi connectivity index (χ3v) is 25.0. The summed E-state index contributed by atoms with van der Waals surface area (Å²) in [5.41, 5.74) is 14.3. The van der Waals surface area contributed by atoms with E-state index in [0.29, 0.717) is 93.3 Å². The fraction of sp³-hybridized carbons (Fsp3) is 0.370. The predicted molar refractivity (Wildman–Crippen MR) is 547 cm³/mol. The van der Waals surface area contributed by atoms with Crippen LogP contribution in [-0.4, -0.2) is 184 Å². The van der Waals surface area contributed by atoms with E-state index < -0.39 is 45.7 Å². The number of nitrogens with zero attached hydrogens (tertiary/aromatic N) is 3. The molecule has 706 valence electrons. The summed E-state index contributed by atoms with van der Waals surface area (Å²) in [6.45, 7) is 9.09. The summed E-state index contributed by atoms with van der Waals surface area (Å²) in [4.78, 5) is 44.4. The molecule has 11 N–H and O–H groups in total. The van der Waals surface area contributed by atoms with Crippen LogP contribution in [-0.2, 0) is 59.3 Å². The van der Waals surface area contributed by atoms with Crippen molar-refractivity contribution in [2.45, 2.75) is 150 Å². The van der Waals surface area contributed by atoms with Gasteiger partial charge in [0.05, 0.1) is 17.7 Å². The molecule has 0 radical (unpaired) electrons. The average molecular weight is 2120 g/mol. The van der Waals surface area contributed by atoms with Gasteiger partial charge in [-0.3, -0.25) is 14.4 Å². The first kappa shape index (κ1) is 108. The molecule has 9 aromatic carbocycles. The van der Waals surface area contributed by atoms with Crippen molar-refractivity contribution < 1.29 is 47.6 Å². The van der Waals surface area contributed by atoms with Gasteiger partial charge < -0.3 is 72.4 Å². The van der Waals surface area contributed by atoms with Crippen LogP contribution in [0.1, 0.15) is 116 Å². The van der Waals surface area contributed by atoms with Gasteiger partial charge in [0, 0.05) is 49.6 Å². The second-order valence-electron chi connectivity index (χ2n) is 33.7. The fourth-order valence-corrected chi connectivity index (χ4v) is 17.5. The van der Waals surface area contributed by atoms with Crippen molar-refractivity contribution in [2.75, 3.05) is 82.7 Å². The van der Waals surface area contributed by atoms with Crippen LogP contribution in [0.4, 0.5) is 24.5 Å². The molecule has 1 saturated heterocycles. The van der Waals surface area contributed by atoms with Crippen LogP contribution in [0.5, 0.6) is 23.0 Å². The summed E-state index contributed by atoms with van der Waals surface area (Å²) >= 11 is 64.2. The number of piperidine rings is 1. The molecule has 0 bridgehead atoms. The zero-order valence-corrected chi connectivity index (χ0v) is 81.1. The first-order chi connectivity index (χ1) is 62.6. The molecule has 1 heterocycles. The number of nitrogens with two attached hydrogens (primary N) is 1. The SMILES string of the molecule is NCCCc1cccc(O)c1.O=C(NC1(Cc2ccc(F)cc2)C=C(CN(CCCc2cccc(O)c2)C(=S)Nc2ccccc2)C1)C(Cl)(Cl)Cl.O=C(NC1(Cc2ccc(F)cc2)C=C(CN(CCCc2cccc(OCCCN3CCCCC3)c2)C(=S)Nc2ccccc2)C1)C(Cl)(Cl)Cl.O=C(NC1(Cc2ccc(F)cc2)CC(CNCCCc2cccc(O)c2)C1)C(Cl)(Cl)Cl.[InH3]. The van der Waals surface area contributed by atoms with Gasteiger partial charge in [0.2, 0.25) is 0 Å². The quantitative estimate of drug-likeness (QED) is 0.00756. The van der Waals surface area contributed by atoms with Gasteiger partial charge in [0.15, 0.2) is 10.2 Å². The first-order valence-corrected chi connectivity index (χ1v) is 48.0. The van der Waals surface area contributed by atoms with Crippen molar-refractivity contribution in [3.63, 3.8) is 0 Å². The number of hydrogen-bond donors (Lipinski definition) is 10. The first-order valence-electron chi connectivity index (χ1n) is 43.8. The molecule has 9 aromatic rings. The molecule has 3 amide bonds. The summed E-state index contributed by atoms with van der Waals surface area (Å²) in [5, 5.41) is 48.4. The molecule has 17 nitrogen and oxygen atoms in total. The number of rotatable bonds is 37. The van der Waals surface area contributed by atoms with Gasteiger partial charge >= 0.3 is 25.8 Å². The van der Waals surface area contributed by atoms with Crippen molar-refractivity contribution in [2.24, 2.45) is 11.7 Å². The number of carbonyl (C=O) groups excluding carboxylic acids is 3. The molecular formula is C100H115Cl9F3InN10O7S2. The molecule has 1 aliphatic heterocycles. The van der Waals surface area contributed by atoms with Crippen molar-refractivity contribution >= 4 is 194 Å². The number of aryl methyl sites for hydroxylation is 4. The van der Waals surface area contributed by atoms with E-state index in [1.54, 1.807) is 72.8 Å². The molecule has 132 heavy (non-hydrogen) atoms. The Bertz CT molecular complexity index is 5220. The van der Waals surface area contributed by atoms with Gasteiger partial charge in [-0.05, 0) is 338 Å². The monoisotopic (exact) mass is 2120 g/mol. The van der Waals surface area contributed by atoms with E-state index in [9.17, 15) is 37.8 Å². The van der Waals surface area contributed by atoms with E-state index in [4.69, 9.17) is 144 Å². The van der Waals surface area contributed by atoms with Crippen molar-refractivity contribution in [3.05, 3.63) is 310 Å². The van der Waals surface area contributed by atoms with Crippen LogP contribution in [0.3, 0.4) is 0 Å². The Morgan fingerprint density at radius 1 is 0.462 bits per heavy atom. The third kappa shape index (κ3) is 37.6. The molecule has 3 aliphatic carbocycles. The fourth-order valence-electron chi connectivity index (χ4n) is 16.5. The Kier molecular flexibility index (Phi) is 43.8. The zero-order chi connectivity index (χ0) is 94.0. The number of likely N-dealkylation sites (tertiary alicyclic amines) is 1. The van der Waals surface area contributed by atoms with E-state index in [1.165, 1.54) is 74.3 Å². The summed E-state index contributed by atoms with van der Waals surface area (Å²) in [6, 6.07) is 68.2. The molecule has 13 rings (SSSR count). The number of aromatic hydroxyl groups is 3. The minimum atomic E-state index is -2.11. The van der Waals surface area contributed by atoms with E-state index in [0.717, 1.165) is 152 Å². The molecule has 2 atom stereocenters. The van der Waals surface area contributed by atoms with Crippen molar-refractivity contribution in [1.82, 2.24) is 36.0 Å². The Morgan fingerprint density at radius 3 is 1.24 bits per heavy atom. The number of carbonyl (C=O) groups is 3. The summed E-state index contributed by atoms with van der Waals surface area (Å²) in [6.07, 6.45) is 20.0. The number of para-hydroxylation sites is 2. The number of benzene rings is 9. The Balaban J connectivity index is 0.000000213. The number of nitrogens with one attached hydrogen (secondary N) is 6. The normalized spacial score (nSPS) is 17.3. The van der Waals surface area contributed by atoms with Crippen LogP contribution >= 0.6 is 129 Å². The van der Waals surface area contributed by atoms with Crippen molar-refractivity contribution in [3.8, 4) is 23.0 Å². The number of phenols is 3. The topological polar surface area (TPSA) is 229 Å². The molecule has 2 fully saturated rings. The zero-order valence-electron chi connectivity index (χ0n) is 72.6. The number of thiocarbonyl (C=S) groups is 2. The number of anilines is 2. The molecule has 32 heteroatoms. The van der Waals surface area contributed by atoms with Crippen LogP contribution < -0.4 is 42.4 Å². The Labute approximate surface area is 847 Å². The molecule has 0 spiro atoms. The van der Waals surface area contributed by atoms with Gasteiger partial charge in [-0.1, -0.05) is 244 Å². The standard InChI is InChI=1S/C38H44Cl3FN4O2S.C30H29Cl3FN3O2S.C23H26Cl3FN2O2.C9H13NO.In.3H/c39-38(40,41)35(47)44-37(25-30-15-17-32(42)18-16-30)26-31(27-37)28-46(36(49)43-33-12-3-1-4-13-33)22-8-11-29-10-7-14-34(24-29)48-23-9-21-45-19-5-2-6-20-45;31-30(32,33)27(39)36-29(17-22-11-13-24(34)14-12-22)18-23(19-29)20-37(28(40)35-25-8-2-1-3-9-25)15-5-7-21-6-4-10-26(38)16-21;24-23(25,26)21(31)29-22(12-17-6-8-19(27)9-7-17)13-18(14-22)15-28-10-2-4-16-3-1-5-20(30)11-16;10-6-2-4-8-3-1-5-9(11)7-8;;;;/h1,3-4,7,10,12-18,24,26H,2,5-6,8-9,11,19-23,25,27-28H2,(H,43,49)(H,44,47);1-4,6,8-14,16,18,38H,5,7,15,17,19-20H2,(H,35,40)(H,36,39);1,3,5-9,11,18,28,30H,2,4,10,12-15H2,(H,29,31);1,3,5,7,11H,2,4,6,10H2;;;;. The summed E-state index contributed by atoms with van der Waals surface area (Å²) < 4.78 is 40.2. The second-order valence-corrected chi connectivity index (χ2v) is 41.3. The molecular weight excluding hydrogens is 2010 g/mol. The maximum atomic E-state index is 13.6. The average Bonchev–Trinajstić information content (AvgIpc) is 0.776. The second kappa shape index (κ2) is 53.4. The van der Waals surface area contributed by atoms with Gasteiger partial charge in [-0.15, -0.1) is 0 Å². The molecule has 1 saturated carbocycles. The van der Waals surface area contributed by atoms with Gasteiger partial charge in [-0.25, -0.2) is 13.2 Å². The van der Waals surface area contributed by atoms with E-state index >= 15 is 0 Å². The van der Waals surface area contributed by atoms with Gasteiger partial charge in [0.1, 0.15) is 40.4 Å². The van der Waals surface area contributed by atoms with E-state index in [2.05, 4.69) is 64.8 Å². The number of hydrogen-bond acceptors (Lipinski definition) is 12. The van der Waals surface area contributed by atoms with E-state index in [-0.39, 0.29) is 54.8 Å². The van der Waals surface area contributed by atoms with Crippen LogP contribution in [0.15, 0.2) is 254 Å². The Morgan fingerprint density at radius 2 is 0.841 bits per heavy atom. The third-order valence-electron chi connectivity index (χ3n) is 22.7. The number of phenolic OH excluding ortho intramolecular Hbond substituents is 3. The Hall–Kier alpha value is -7.40. The number of ether oxygens (including phenoxy) is 1. The number of halogens is 12. The minimum absolute atomic E-state index is 0. The molecule has 2 unspecified atom stereocenters.